The van der Waals surface area contributed by atoms with Gasteiger partial charge >= 0.3 is 5.51 Å². The van der Waals surface area contributed by atoms with E-state index in [2.05, 4.69) is 62.6 Å². The van der Waals surface area contributed by atoms with Crippen LogP contribution in [0.5, 0.6) is 5.75 Å². The van der Waals surface area contributed by atoms with Crippen molar-refractivity contribution in [3.05, 3.63) is 137 Å². The molecule has 22 heteroatoms. The minimum absolute atomic E-state index is 0.00106. The third-order valence-corrected chi connectivity index (χ3v) is 21.3. The van der Waals surface area contributed by atoms with Crippen LogP contribution in [0.1, 0.15) is 100 Å². The molecular weight excluding hydrogens is 1170 g/mol. The van der Waals surface area contributed by atoms with Gasteiger partial charge in [0.1, 0.15) is 10.6 Å². The van der Waals surface area contributed by atoms with Crippen LogP contribution in [-0.2, 0) is 31.2 Å². The van der Waals surface area contributed by atoms with Gasteiger partial charge in [-0.3, -0.25) is 14.5 Å². The van der Waals surface area contributed by atoms with Crippen molar-refractivity contribution in [1.82, 2.24) is 29.7 Å². The SMILES string of the molecule is C=C(CC)CCC1=C(CN2CCN(c3ccc(C(=O)NS(=O)(=O)c4ccc(N[C@H](CCN5CCN(CCCCOc6cc(-c7scnc7C)ccc6CNC=O)CC5)CSc5ccccc5)c(S(=O)(=O)C(F)(F)F)c4)cc3)CC2)CCC(C)(C)C1. The van der Waals surface area contributed by atoms with Crippen molar-refractivity contribution in [3.8, 4) is 16.2 Å². The third kappa shape index (κ3) is 18.2. The van der Waals surface area contributed by atoms with Crippen molar-refractivity contribution < 1.29 is 44.3 Å². The lowest BCUT2D eigenvalue weighted by Gasteiger charge is -2.39. The fraction of sp³-hybridized carbons (Fsp3) is 0.476. The second kappa shape index (κ2) is 29.8. The lowest BCUT2D eigenvalue weighted by atomic mass is 9.73. The summed E-state index contributed by atoms with van der Waals surface area (Å²) < 4.78 is 106. The van der Waals surface area contributed by atoms with Gasteiger partial charge in [-0.1, -0.05) is 74.4 Å². The maximum atomic E-state index is 14.5. The standard InChI is InChI=1S/C63H81F3N8O7S4/c1-6-46(2)14-15-50-40-62(4,5)26-24-52(50)42-73-33-35-74(36-34-73)54-20-18-48(19-21-54)61(76)70-85(79,80)56-22-23-57(59(39-56)84(77,78)63(64,65)66)69-53(43-82-55-12-8-7-9-13-55)25-28-72-31-29-71(30-32-72)27-10-11-37-81-58-38-49(60-47(3)68-45-83-60)16-17-51(58)41-67-44-75/h7-9,12-13,16-23,38-39,44-45,53,69H,2,6,10-11,14-15,24-37,40-43H2,1,3-5H3,(H,67,75)(H,70,76)/t53-/m1/s1. The minimum Gasteiger partial charge on any atom is -0.493 e. The summed E-state index contributed by atoms with van der Waals surface area (Å²) in [7, 11) is -11.0. The molecule has 3 N–H and O–H groups in total. The smallest absolute Gasteiger partial charge is 0.493 e. The molecule has 0 spiro atoms. The minimum atomic E-state index is -6.11. The van der Waals surface area contributed by atoms with Crippen molar-refractivity contribution in [2.24, 2.45) is 5.41 Å². The fourth-order valence-corrected chi connectivity index (χ4v) is 14.9. The Bertz CT molecular complexity index is 3330. The predicted octanol–water partition coefficient (Wildman–Crippen LogP) is 11.6. The number of allylic oxidation sites excluding steroid dienone is 2. The number of nitrogens with zero attached hydrogens (tertiary/aromatic N) is 5. The molecule has 85 heavy (non-hydrogen) atoms. The van der Waals surface area contributed by atoms with Gasteiger partial charge in [-0.05, 0) is 143 Å². The summed E-state index contributed by atoms with van der Waals surface area (Å²) in [6, 6.07) is 23.8. The molecule has 1 aliphatic carbocycles. The van der Waals surface area contributed by atoms with E-state index in [1.54, 1.807) is 34.6 Å². The second-order valence-electron chi connectivity index (χ2n) is 23.1. The molecule has 5 aromatic rings. The highest BCUT2D eigenvalue weighted by Crippen LogP contribution is 2.42. The molecule has 4 aromatic carbocycles. The van der Waals surface area contributed by atoms with Crippen LogP contribution in [0.25, 0.3) is 10.4 Å². The van der Waals surface area contributed by atoms with Crippen molar-refractivity contribution in [1.29, 1.82) is 0 Å². The number of ether oxygens (including phenoxy) is 1. The van der Waals surface area contributed by atoms with Gasteiger partial charge in [0.05, 0.1) is 33.3 Å². The molecule has 0 saturated carbocycles. The molecule has 460 valence electrons. The summed E-state index contributed by atoms with van der Waals surface area (Å²) in [5, 5.41) is 5.80. The molecule has 15 nitrogen and oxygen atoms in total. The van der Waals surface area contributed by atoms with Gasteiger partial charge in [-0.25, -0.2) is 26.5 Å². The number of hydrogen-bond donors (Lipinski definition) is 3. The largest absolute Gasteiger partial charge is 0.501 e. The van der Waals surface area contributed by atoms with Crippen LogP contribution in [0, 0.1) is 12.3 Å². The average molecular weight is 1250 g/mol. The maximum absolute atomic E-state index is 14.5. The number of sulfonamides is 1. The summed E-state index contributed by atoms with van der Waals surface area (Å²) in [5.74, 6) is 0.0449. The highest BCUT2D eigenvalue weighted by Gasteiger charge is 2.48. The second-order valence-corrected chi connectivity index (χ2v) is 28.6. The highest BCUT2D eigenvalue weighted by molar-refractivity contribution is 7.99. The molecule has 2 fully saturated rings. The van der Waals surface area contributed by atoms with Gasteiger partial charge in [0.2, 0.25) is 6.41 Å². The zero-order valence-corrected chi connectivity index (χ0v) is 52.5. The Morgan fingerprint density at radius 2 is 1.59 bits per heavy atom. The predicted molar refractivity (Wildman–Crippen MR) is 335 cm³/mol. The number of halogens is 3. The first-order valence-electron chi connectivity index (χ1n) is 29.3. The maximum Gasteiger partial charge on any atom is 0.501 e. The van der Waals surface area contributed by atoms with Gasteiger partial charge in [0.15, 0.2) is 0 Å². The Balaban J connectivity index is 0.860. The number of sulfone groups is 1. The van der Waals surface area contributed by atoms with E-state index in [4.69, 9.17) is 4.74 Å². The first-order valence-corrected chi connectivity index (χ1v) is 34.1. The van der Waals surface area contributed by atoms with Crippen LogP contribution in [0.15, 0.2) is 134 Å². The topological polar surface area (TPSA) is 174 Å². The number of thioether (sulfide) groups is 1. The first kappa shape index (κ1) is 65.2. The Hall–Kier alpha value is -5.75. The van der Waals surface area contributed by atoms with Gasteiger partial charge in [0, 0.05) is 105 Å². The van der Waals surface area contributed by atoms with E-state index in [-0.39, 0.29) is 5.56 Å². The van der Waals surface area contributed by atoms with Crippen LogP contribution in [-0.4, -0.2) is 145 Å². The number of unbranched alkanes of at least 4 members (excludes halogenated alkanes) is 1. The number of anilines is 2. The number of carbonyl (C=O) groups is 2. The van der Waals surface area contributed by atoms with Crippen LogP contribution < -0.4 is 25.0 Å². The number of rotatable bonds is 29. The highest BCUT2D eigenvalue weighted by atomic mass is 32.2. The number of thiazole rings is 1. The van der Waals surface area contributed by atoms with Crippen molar-refractivity contribution in [2.45, 2.75) is 118 Å². The molecule has 0 bridgehead atoms. The fourth-order valence-electron chi connectivity index (χ4n) is 11.1. The molecule has 1 atom stereocenters. The number of nitrogens with one attached hydrogen (secondary N) is 3. The molecule has 2 aliphatic heterocycles. The van der Waals surface area contributed by atoms with Crippen LogP contribution in [0.2, 0.25) is 0 Å². The first-order chi connectivity index (χ1) is 40.6. The number of hydrogen-bond acceptors (Lipinski definition) is 15. The monoisotopic (exact) mass is 1250 g/mol. The summed E-state index contributed by atoms with van der Waals surface area (Å²) in [4.78, 5) is 38.2. The van der Waals surface area contributed by atoms with Gasteiger partial charge in [-0.2, -0.15) is 13.2 Å². The Kier molecular flexibility index (Phi) is 22.8. The van der Waals surface area contributed by atoms with E-state index in [1.807, 2.05) is 65.7 Å². The Labute approximate surface area is 508 Å². The molecule has 3 heterocycles. The van der Waals surface area contributed by atoms with E-state index in [1.165, 1.54) is 35.9 Å². The number of carbonyl (C=O) groups excluding carboxylic acids is 2. The number of alkyl halides is 3. The van der Waals surface area contributed by atoms with E-state index in [0.29, 0.717) is 49.8 Å². The summed E-state index contributed by atoms with van der Waals surface area (Å²) >= 11 is 3.02. The molecule has 0 unspecified atom stereocenters. The number of piperazine rings is 2. The molecule has 3 aliphatic rings. The Morgan fingerprint density at radius 3 is 2.26 bits per heavy atom. The van der Waals surface area contributed by atoms with E-state index >= 15 is 0 Å². The van der Waals surface area contributed by atoms with Crippen LogP contribution in [0.4, 0.5) is 24.5 Å². The third-order valence-electron chi connectivity index (χ3n) is 16.3. The van der Waals surface area contributed by atoms with Crippen LogP contribution >= 0.6 is 23.1 Å². The summed E-state index contributed by atoms with van der Waals surface area (Å²) in [6.07, 6.45) is 9.28. The molecule has 0 radical (unpaired) electrons. The van der Waals surface area contributed by atoms with Gasteiger partial charge in [0.25, 0.3) is 25.8 Å². The summed E-state index contributed by atoms with van der Waals surface area (Å²) in [6.45, 7) is 22.6. The zero-order chi connectivity index (χ0) is 60.8. The lowest BCUT2D eigenvalue weighted by Crippen LogP contribution is -2.47. The number of benzene rings is 4. The number of aryl methyl sites for hydroxylation is 1. The quantitative estimate of drug-likeness (QED) is 0.0179. The molecule has 8 rings (SSSR count). The molecule has 1 aromatic heterocycles. The van der Waals surface area contributed by atoms with Gasteiger partial charge in [-0.15, -0.1) is 23.1 Å². The van der Waals surface area contributed by atoms with Crippen LogP contribution in [0.3, 0.4) is 0 Å². The van der Waals surface area contributed by atoms with Crippen molar-refractivity contribution >= 4 is 66.7 Å². The van der Waals surface area contributed by atoms with Gasteiger partial charge < -0.3 is 30.1 Å². The van der Waals surface area contributed by atoms with E-state index in [0.717, 1.165) is 161 Å². The van der Waals surface area contributed by atoms with Crippen molar-refractivity contribution in [2.75, 3.05) is 94.6 Å². The molecular formula is C63H81F3N8O7S4. The molecule has 2 amide bonds. The van der Waals surface area contributed by atoms with E-state index in [9.17, 15) is 39.6 Å². The molecule has 2 saturated heterocycles. The zero-order valence-electron chi connectivity index (χ0n) is 49.2. The van der Waals surface area contributed by atoms with E-state index < -0.39 is 52.8 Å². The number of aromatic nitrogens is 1. The Morgan fingerprint density at radius 1 is 0.882 bits per heavy atom. The number of amides is 2. The summed E-state index contributed by atoms with van der Waals surface area (Å²) in [5.41, 5.74) is 4.04. The average Bonchev–Trinajstić information content (AvgIpc) is 2.47. The lowest BCUT2D eigenvalue weighted by molar-refractivity contribution is -0.109. The van der Waals surface area contributed by atoms with Crippen molar-refractivity contribution in [3.63, 3.8) is 0 Å². The normalized spacial score (nSPS) is 16.9.